The highest BCUT2D eigenvalue weighted by molar-refractivity contribution is 8.14. The number of hydrogen-bond donors (Lipinski definition) is 1. The summed E-state index contributed by atoms with van der Waals surface area (Å²) < 4.78 is 0. The Balaban J connectivity index is 2.92. The summed E-state index contributed by atoms with van der Waals surface area (Å²) in [5.74, 6) is 0.810. The van der Waals surface area contributed by atoms with E-state index in [1.165, 1.54) is 0 Å². The number of thioether (sulfide) groups is 1. The number of hydrogen-bond acceptors (Lipinski definition) is 3. The molecule has 0 bridgehead atoms. The van der Waals surface area contributed by atoms with E-state index in [1.54, 1.807) is 11.8 Å². The molecule has 0 atom stereocenters. The molecule has 1 rings (SSSR count). The van der Waals surface area contributed by atoms with Crippen LogP contribution in [-0.4, -0.2) is 29.3 Å². The molecule has 80 valence electrons. The lowest BCUT2D eigenvalue weighted by Crippen LogP contribution is -2.46. The molecular formula is C10H18N2OS. The third kappa shape index (κ3) is 2.17. The standard InChI is InChI=1S/C10H18N2OS/c1-9(2)6-14-8(12-7(9)13)10(3,4)11-5/h11H,6H2,1-5H3. The predicted molar refractivity (Wildman–Crippen MR) is 61.8 cm³/mol. The van der Waals surface area contributed by atoms with Gasteiger partial charge in [0.1, 0.15) is 0 Å². The second kappa shape index (κ2) is 3.66. The van der Waals surface area contributed by atoms with E-state index in [4.69, 9.17) is 0 Å². The first-order chi connectivity index (χ1) is 6.29. The van der Waals surface area contributed by atoms with Gasteiger partial charge in [0.15, 0.2) is 0 Å². The fraction of sp³-hybridized carbons (Fsp3) is 0.800. The third-order valence-electron chi connectivity index (χ3n) is 2.51. The minimum atomic E-state index is -0.308. The molecule has 0 saturated carbocycles. The molecule has 0 unspecified atom stereocenters. The molecule has 1 aliphatic rings. The molecule has 0 aromatic heterocycles. The van der Waals surface area contributed by atoms with Gasteiger partial charge in [-0.3, -0.25) is 4.79 Å². The lowest BCUT2D eigenvalue weighted by Gasteiger charge is -2.32. The molecule has 0 aromatic rings. The van der Waals surface area contributed by atoms with Crippen molar-refractivity contribution in [2.24, 2.45) is 10.4 Å². The molecule has 1 amide bonds. The van der Waals surface area contributed by atoms with E-state index in [9.17, 15) is 4.79 Å². The second-order valence-electron chi connectivity index (χ2n) is 4.77. The quantitative estimate of drug-likeness (QED) is 0.760. The van der Waals surface area contributed by atoms with Gasteiger partial charge in [-0.25, -0.2) is 4.99 Å². The summed E-state index contributed by atoms with van der Waals surface area (Å²) in [5.41, 5.74) is -0.505. The van der Waals surface area contributed by atoms with E-state index in [2.05, 4.69) is 10.3 Å². The number of rotatable bonds is 2. The zero-order chi connectivity index (χ0) is 11.0. The summed E-state index contributed by atoms with van der Waals surface area (Å²) in [6.45, 7) is 7.94. The topological polar surface area (TPSA) is 41.5 Å². The molecule has 1 aliphatic heterocycles. The van der Waals surface area contributed by atoms with E-state index in [0.29, 0.717) is 0 Å². The molecule has 0 aromatic carbocycles. The van der Waals surface area contributed by atoms with Crippen molar-refractivity contribution >= 4 is 22.7 Å². The van der Waals surface area contributed by atoms with Crippen LogP contribution in [0.4, 0.5) is 0 Å². The van der Waals surface area contributed by atoms with Gasteiger partial charge in [-0.15, -0.1) is 11.8 Å². The van der Waals surface area contributed by atoms with Crippen LogP contribution >= 0.6 is 11.8 Å². The minimum absolute atomic E-state index is 0.00502. The van der Waals surface area contributed by atoms with Crippen LogP contribution in [0, 0.1) is 5.41 Å². The highest BCUT2D eigenvalue weighted by atomic mass is 32.2. The zero-order valence-electron chi connectivity index (χ0n) is 9.47. The van der Waals surface area contributed by atoms with E-state index in [0.717, 1.165) is 10.8 Å². The van der Waals surface area contributed by atoms with Crippen LogP contribution in [0.3, 0.4) is 0 Å². The van der Waals surface area contributed by atoms with Gasteiger partial charge < -0.3 is 5.32 Å². The van der Waals surface area contributed by atoms with Gasteiger partial charge >= 0.3 is 0 Å². The van der Waals surface area contributed by atoms with Crippen molar-refractivity contribution in [3.05, 3.63) is 0 Å². The van der Waals surface area contributed by atoms with Gasteiger partial charge in [0.05, 0.1) is 16.0 Å². The van der Waals surface area contributed by atoms with E-state index < -0.39 is 0 Å². The summed E-state index contributed by atoms with van der Waals surface area (Å²) in [7, 11) is 1.88. The van der Waals surface area contributed by atoms with Gasteiger partial charge in [0.2, 0.25) is 0 Å². The number of carbonyl (C=O) groups is 1. The molecule has 0 saturated heterocycles. The highest BCUT2D eigenvalue weighted by Crippen LogP contribution is 2.32. The predicted octanol–water partition coefficient (Wildman–Crippen LogP) is 1.68. The monoisotopic (exact) mass is 214 g/mol. The number of aliphatic imine (C=N–C) groups is 1. The van der Waals surface area contributed by atoms with Crippen molar-refractivity contribution < 1.29 is 4.79 Å². The Morgan fingerprint density at radius 2 is 2.07 bits per heavy atom. The van der Waals surface area contributed by atoms with Crippen molar-refractivity contribution in [1.29, 1.82) is 0 Å². The summed E-state index contributed by atoms with van der Waals surface area (Å²) in [6, 6.07) is 0. The normalized spacial score (nSPS) is 22.1. The average molecular weight is 214 g/mol. The molecule has 0 spiro atoms. The van der Waals surface area contributed by atoms with Crippen molar-refractivity contribution in [3.63, 3.8) is 0 Å². The average Bonchev–Trinajstić information content (AvgIpc) is 2.09. The first-order valence-corrected chi connectivity index (χ1v) is 5.73. The minimum Gasteiger partial charge on any atom is -0.309 e. The SMILES string of the molecule is CNC(C)(C)C1=NC(=O)C(C)(C)CS1. The van der Waals surface area contributed by atoms with Crippen molar-refractivity contribution in [2.75, 3.05) is 12.8 Å². The number of amides is 1. The Morgan fingerprint density at radius 1 is 1.50 bits per heavy atom. The lowest BCUT2D eigenvalue weighted by atomic mass is 9.95. The Kier molecular flexibility index (Phi) is 3.07. The van der Waals surface area contributed by atoms with E-state index in [-0.39, 0.29) is 16.9 Å². The first kappa shape index (κ1) is 11.7. The molecule has 0 radical (unpaired) electrons. The largest absolute Gasteiger partial charge is 0.309 e. The van der Waals surface area contributed by atoms with Crippen LogP contribution in [0.1, 0.15) is 27.7 Å². The van der Waals surface area contributed by atoms with Gasteiger partial charge in [0, 0.05) is 5.75 Å². The fourth-order valence-electron chi connectivity index (χ4n) is 1.01. The number of nitrogens with one attached hydrogen (secondary N) is 1. The number of nitrogens with zero attached hydrogens (tertiary/aromatic N) is 1. The van der Waals surface area contributed by atoms with E-state index in [1.807, 2.05) is 34.7 Å². The molecule has 4 heteroatoms. The van der Waals surface area contributed by atoms with Crippen LogP contribution in [0.5, 0.6) is 0 Å². The van der Waals surface area contributed by atoms with Crippen molar-refractivity contribution in [1.82, 2.24) is 5.32 Å². The van der Waals surface area contributed by atoms with Crippen LogP contribution in [0.15, 0.2) is 4.99 Å². The van der Waals surface area contributed by atoms with Gasteiger partial charge in [0.25, 0.3) is 5.91 Å². The maximum atomic E-state index is 11.7. The second-order valence-corrected chi connectivity index (χ2v) is 5.73. The van der Waals surface area contributed by atoms with Gasteiger partial charge in [-0.1, -0.05) is 13.8 Å². The van der Waals surface area contributed by atoms with Crippen LogP contribution in [0.2, 0.25) is 0 Å². The summed E-state index contributed by atoms with van der Waals surface area (Å²) in [6.07, 6.45) is 0. The molecule has 0 fully saturated rings. The molecule has 14 heavy (non-hydrogen) atoms. The maximum absolute atomic E-state index is 11.7. The van der Waals surface area contributed by atoms with Crippen LogP contribution in [-0.2, 0) is 4.79 Å². The Morgan fingerprint density at radius 3 is 2.50 bits per heavy atom. The van der Waals surface area contributed by atoms with E-state index >= 15 is 0 Å². The Bertz CT molecular complexity index is 282. The lowest BCUT2D eigenvalue weighted by molar-refractivity contribution is -0.124. The van der Waals surface area contributed by atoms with Gasteiger partial charge in [-0.2, -0.15) is 0 Å². The Hall–Kier alpha value is -0.350. The maximum Gasteiger partial charge on any atom is 0.252 e. The fourth-order valence-corrected chi connectivity index (χ4v) is 2.24. The van der Waals surface area contributed by atoms with Gasteiger partial charge in [-0.05, 0) is 20.9 Å². The van der Waals surface area contributed by atoms with Crippen molar-refractivity contribution in [2.45, 2.75) is 33.2 Å². The molecular weight excluding hydrogens is 196 g/mol. The highest BCUT2D eigenvalue weighted by Gasteiger charge is 2.36. The summed E-state index contributed by atoms with van der Waals surface area (Å²) in [5, 5.41) is 4.05. The smallest absolute Gasteiger partial charge is 0.252 e. The molecule has 1 heterocycles. The Labute approximate surface area is 89.7 Å². The number of carbonyl (C=O) groups excluding carboxylic acids is 1. The third-order valence-corrected chi connectivity index (χ3v) is 4.25. The molecule has 0 aliphatic carbocycles. The summed E-state index contributed by atoms with van der Waals surface area (Å²) in [4.78, 5) is 15.8. The molecule has 3 nitrogen and oxygen atoms in total. The first-order valence-electron chi connectivity index (χ1n) is 4.75. The van der Waals surface area contributed by atoms with Crippen molar-refractivity contribution in [3.8, 4) is 0 Å². The molecule has 1 N–H and O–H groups in total. The van der Waals surface area contributed by atoms with Crippen LogP contribution in [0.25, 0.3) is 0 Å². The zero-order valence-corrected chi connectivity index (χ0v) is 10.3. The van der Waals surface area contributed by atoms with Crippen LogP contribution < -0.4 is 5.32 Å². The summed E-state index contributed by atoms with van der Waals surface area (Å²) >= 11 is 1.67.